The van der Waals surface area contributed by atoms with Crippen LogP contribution in [0.3, 0.4) is 0 Å². The molecule has 1 aromatic carbocycles. The molecule has 2 aliphatic rings. The monoisotopic (exact) mass is 270 g/mol. The number of hydrogen-bond acceptors (Lipinski definition) is 3. The zero-order valence-corrected chi connectivity index (χ0v) is 11.4. The fourth-order valence-electron chi connectivity index (χ4n) is 2.77. The van der Waals surface area contributed by atoms with Gasteiger partial charge in [0, 0.05) is 18.8 Å². The van der Waals surface area contributed by atoms with Gasteiger partial charge in [-0.05, 0) is 37.8 Å². The van der Waals surface area contributed by atoms with Gasteiger partial charge in [0.25, 0.3) is 11.8 Å². The normalized spacial score (nSPS) is 18.0. The van der Waals surface area contributed by atoms with E-state index in [-0.39, 0.29) is 11.8 Å². The standard InChI is InChI=1S/C16H18N2O2/c19-15-13-8-4-5-9-14(13)16(20)18(15)11-10-17-12-6-2-1-3-7-12/h4-6,8-9,17H,1-3,7,10-11H2. The van der Waals surface area contributed by atoms with E-state index < -0.39 is 0 Å². The Morgan fingerprint density at radius 3 is 2.35 bits per heavy atom. The molecule has 0 saturated carbocycles. The summed E-state index contributed by atoms with van der Waals surface area (Å²) in [6.07, 6.45) is 6.87. The first kappa shape index (κ1) is 12.9. The molecule has 0 unspecified atom stereocenters. The minimum absolute atomic E-state index is 0.176. The van der Waals surface area contributed by atoms with Gasteiger partial charge in [0.1, 0.15) is 0 Å². The van der Waals surface area contributed by atoms with E-state index in [0.717, 1.165) is 12.8 Å². The molecule has 0 radical (unpaired) electrons. The van der Waals surface area contributed by atoms with Crippen molar-refractivity contribution < 1.29 is 9.59 Å². The number of nitrogens with zero attached hydrogens (tertiary/aromatic N) is 1. The third kappa shape index (κ3) is 2.33. The zero-order valence-electron chi connectivity index (χ0n) is 11.4. The number of hydrogen-bond donors (Lipinski definition) is 1. The highest BCUT2D eigenvalue weighted by Crippen LogP contribution is 2.22. The number of imide groups is 1. The van der Waals surface area contributed by atoms with Crippen LogP contribution < -0.4 is 5.32 Å². The maximum absolute atomic E-state index is 12.2. The fourth-order valence-corrected chi connectivity index (χ4v) is 2.77. The predicted octanol–water partition coefficient (Wildman–Crippen LogP) is 2.33. The van der Waals surface area contributed by atoms with E-state index in [1.807, 2.05) is 0 Å². The van der Waals surface area contributed by atoms with E-state index in [1.54, 1.807) is 24.3 Å². The van der Waals surface area contributed by atoms with E-state index in [1.165, 1.54) is 23.4 Å². The van der Waals surface area contributed by atoms with Crippen molar-refractivity contribution in [3.63, 3.8) is 0 Å². The molecule has 1 aliphatic heterocycles. The molecule has 2 amide bonds. The highest BCUT2D eigenvalue weighted by molar-refractivity contribution is 6.21. The Balaban J connectivity index is 1.61. The van der Waals surface area contributed by atoms with Crippen molar-refractivity contribution in [3.05, 3.63) is 47.2 Å². The van der Waals surface area contributed by atoms with Crippen LogP contribution in [0.15, 0.2) is 36.0 Å². The molecule has 4 nitrogen and oxygen atoms in total. The summed E-state index contributed by atoms with van der Waals surface area (Å²) in [5, 5.41) is 3.33. The average molecular weight is 270 g/mol. The van der Waals surface area contributed by atoms with Crippen molar-refractivity contribution in [2.75, 3.05) is 13.1 Å². The third-order valence-corrected chi connectivity index (χ3v) is 3.86. The molecular weight excluding hydrogens is 252 g/mol. The van der Waals surface area contributed by atoms with Gasteiger partial charge >= 0.3 is 0 Å². The van der Waals surface area contributed by atoms with Crippen molar-refractivity contribution in [3.8, 4) is 0 Å². The van der Waals surface area contributed by atoms with E-state index in [4.69, 9.17) is 0 Å². The second-order valence-corrected chi connectivity index (χ2v) is 5.21. The first-order valence-electron chi connectivity index (χ1n) is 7.15. The van der Waals surface area contributed by atoms with Gasteiger partial charge in [-0.3, -0.25) is 14.5 Å². The summed E-state index contributed by atoms with van der Waals surface area (Å²) in [7, 11) is 0. The largest absolute Gasteiger partial charge is 0.387 e. The number of allylic oxidation sites excluding steroid dienone is 2. The second kappa shape index (κ2) is 5.49. The number of amides is 2. The molecule has 20 heavy (non-hydrogen) atoms. The molecule has 4 heteroatoms. The zero-order chi connectivity index (χ0) is 13.9. The molecule has 1 N–H and O–H groups in total. The van der Waals surface area contributed by atoms with Crippen LogP contribution >= 0.6 is 0 Å². The topological polar surface area (TPSA) is 49.4 Å². The fraction of sp³-hybridized carbons (Fsp3) is 0.375. The number of benzene rings is 1. The van der Waals surface area contributed by atoms with Crippen LogP contribution in [0.5, 0.6) is 0 Å². The van der Waals surface area contributed by atoms with Crippen LogP contribution in [0.1, 0.15) is 46.4 Å². The molecule has 0 saturated heterocycles. The minimum atomic E-state index is -0.176. The molecule has 0 bridgehead atoms. The summed E-state index contributed by atoms with van der Waals surface area (Å²) in [6, 6.07) is 7.01. The highest BCUT2D eigenvalue weighted by atomic mass is 16.2. The molecule has 0 fully saturated rings. The van der Waals surface area contributed by atoms with Crippen molar-refractivity contribution in [1.29, 1.82) is 0 Å². The maximum atomic E-state index is 12.2. The lowest BCUT2D eigenvalue weighted by molar-refractivity contribution is 0.0656. The summed E-state index contributed by atoms with van der Waals surface area (Å²) >= 11 is 0. The van der Waals surface area contributed by atoms with Crippen LogP contribution in [0, 0.1) is 0 Å². The van der Waals surface area contributed by atoms with Crippen molar-refractivity contribution in [1.82, 2.24) is 10.2 Å². The number of carbonyl (C=O) groups is 2. The first-order valence-corrected chi connectivity index (χ1v) is 7.15. The molecule has 1 aromatic rings. The summed E-state index contributed by atoms with van der Waals surface area (Å²) in [4.78, 5) is 25.6. The number of rotatable bonds is 4. The summed E-state index contributed by atoms with van der Waals surface area (Å²) in [6.45, 7) is 1.04. The van der Waals surface area contributed by atoms with E-state index in [0.29, 0.717) is 24.2 Å². The van der Waals surface area contributed by atoms with Crippen molar-refractivity contribution >= 4 is 11.8 Å². The number of fused-ring (bicyclic) bond motifs is 1. The van der Waals surface area contributed by atoms with Gasteiger partial charge in [-0.1, -0.05) is 18.2 Å². The molecule has 1 aliphatic carbocycles. The van der Waals surface area contributed by atoms with Crippen LogP contribution in [-0.4, -0.2) is 29.8 Å². The molecular formula is C16H18N2O2. The molecule has 1 heterocycles. The number of nitrogens with one attached hydrogen (secondary N) is 1. The predicted molar refractivity (Wildman–Crippen MR) is 76.4 cm³/mol. The van der Waals surface area contributed by atoms with Gasteiger partial charge in [0.15, 0.2) is 0 Å². The Morgan fingerprint density at radius 1 is 1.05 bits per heavy atom. The van der Waals surface area contributed by atoms with E-state index in [9.17, 15) is 9.59 Å². The Morgan fingerprint density at radius 2 is 1.75 bits per heavy atom. The van der Waals surface area contributed by atoms with Crippen LogP contribution in [0.2, 0.25) is 0 Å². The van der Waals surface area contributed by atoms with Gasteiger partial charge in [0.05, 0.1) is 11.1 Å². The van der Waals surface area contributed by atoms with Gasteiger partial charge < -0.3 is 5.32 Å². The Labute approximate surface area is 118 Å². The van der Waals surface area contributed by atoms with Crippen LogP contribution in [0.25, 0.3) is 0 Å². The van der Waals surface area contributed by atoms with E-state index >= 15 is 0 Å². The first-order chi connectivity index (χ1) is 9.77. The molecule has 0 spiro atoms. The Hall–Kier alpha value is -2.10. The average Bonchev–Trinajstić information content (AvgIpc) is 2.74. The van der Waals surface area contributed by atoms with Gasteiger partial charge in [0.2, 0.25) is 0 Å². The SMILES string of the molecule is O=C1c2ccccc2C(=O)N1CCNC1=CCCCC1. The summed E-state index contributed by atoms with van der Waals surface area (Å²) in [5.74, 6) is -0.352. The smallest absolute Gasteiger partial charge is 0.261 e. The Kier molecular flexibility index (Phi) is 3.54. The van der Waals surface area contributed by atoms with Crippen LogP contribution in [0.4, 0.5) is 0 Å². The molecule has 3 rings (SSSR count). The highest BCUT2D eigenvalue weighted by Gasteiger charge is 2.34. The van der Waals surface area contributed by atoms with Crippen LogP contribution in [-0.2, 0) is 0 Å². The molecule has 104 valence electrons. The number of carbonyl (C=O) groups excluding carboxylic acids is 2. The summed E-state index contributed by atoms with van der Waals surface area (Å²) < 4.78 is 0. The lowest BCUT2D eigenvalue weighted by atomic mass is 10.1. The third-order valence-electron chi connectivity index (χ3n) is 3.86. The minimum Gasteiger partial charge on any atom is -0.387 e. The summed E-state index contributed by atoms with van der Waals surface area (Å²) in [5.41, 5.74) is 2.29. The molecule has 0 atom stereocenters. The lowest BCUT2D eigenvalue weighted by Crippen LogP contribution is -2.36. The van der Waals surface area contributed by atoms with Crippen molar-refractivity contribution in [2.45, 2.75) is 25.7 Å². The maximum Gasteiger partial charge on any atom is 0.261 e. The van der Waals surface area contributed by atoms with E-state index in [2.05, 4.69) is 11.4 Å². The van der Waals surface area contributed by atoms with Gasteiger partial charge in [-0.2, -0.15) is 0 Å². The lowest BCUT2D eigenvalue weighted by Gasteiger charge is -2.18. The van der Waals surface area contributed by atoms with Gasteiger partial charge in [-0.15, -0.1) is 0 Å². The Bertz CT molecular complexity index is 543. The van der Waals surface area contributed by atoms with Gasteiger partial charge in [-0.25, -0.2) is 0 Å². The quantitative estimate of drug-likeness (QED) is 0.854. The van der Waals surface area contributed by atoms with Crippen molar-refractivity contribution in [2.24, 2.45) is 0 Å². The second-order valence-electron chi connectivity index (χ2n) is 5.21. The molecule has 0 aromatic heterocycles.